The molecular formula is C29H34O8. The minimum absolute atomic E-state index is 0.0291. The number of carbonyl (C=O) groups excluding carboxylic acids is 3. The highest BCUT2D eigenvalue weighted by atomic mass is 16.6. The zero-order chi connectivity index (χ0) is 27.6. The van der Waals surface area contributed by atoms with Crippen molar-refractivity contribution in [2.24, 2.45) is 5.41 Å². The molecule has 0 fully saturated rings. The van der Waals surface area contributed by atoms with Crippen molar-refractivity contribution in [1.82, 2.24) is 0 Å². The van der Waals surface area contributed by atoms with Crippen molar-refractivity contribution in [3.8, 4) is 28.4 Å². The molecule has 2 aromatic carbocycles. The summed E-state index contributed by atoms with van der Waals surface area (Å²) >= 11 is 0. The van der Waals surface area contributed by atoms with Crippen molar-refractivity contribution >= 4 is 17.9 Å². The Labute approximate surface area is 217 Å². The Bertz CT molecular complexity index is 1140. The van der Waals surface area contributed by atoms with Crippen LogP contribution in [0.1, 0.15) is 34.6 Å². The van der Waals surface area contributed by atoms with E-state index in [0.29, 0.717) is 28.4 Å². The first kappa shape index (κ1) is 29.2. The molecule has 0 aliphatic rings. The van der Waals surface area contributed by atoms with E-state index in [1.165, 1.54) is 0 Å². The second kappa shape index (κ2) is 13.3. The van der Waals surface area contributed by atoms with Crippen LogP contribution in [0.4, 0.5) is 0 Å². The molecule has 0 unspecified atom stereocenters. The Balaban J connectivity index is 2.13. The lowest BCUT2D eigenvalue weighted by molar-refractivity contribution is -0.153. The lowest BCUT2D eigenvalue weighted by Crippen LogP contribution is -2.24. The second-order valence-electron chi connectivity index (χ2n) is 9.35. The molecule has 0 heterocycles. The third-order valence-corrected chi connectivity index (χ3v) is 4.80. The molecule has 0 saturated carbocycles. The van der Waals surface area contributed by atoms with Gasteiger partial charge in [-0.1, -0.05) is 31.4 Å². The van der Waals surface area contributed by atoms with Crippen LogP contribution in [0.15, 0.2) is 66.8 Å². The van der Waals surface area contributed by atoms with Gasteiger partial charge in [0.05, 0.1) is 5.41 Å². The minimum atomic E-state index is -0.602. The molecule has 0 aliphatic heterocycles. The summed E-state index contributed by atoms with van der Waals surface area (Å²) < 4.78 is 27.2. The number of hydrogen-bond acceptors (Lipinski definition) is 8. The summed E-state index contributed by atoms with van der Waals surface area (Å²) in [6.45, 7) is 15.9. The fourth-order valence-electron chi connectivity index (χ4n) is 2.74. The first-order valence-corrected chi connectivity index (χ1v) is 11.8. The SMILES string of the molecule is C=C(C)C(=O)OCCOc1cc(-c2ccc(OC(=O)C(=C)C)cc2)ccc1OCCOC(=O)C(C)(C)C. The highest BCUT2D eigenvalue weighted by molar-refractivity contribution is 5.89. The van der Waals surface area contributed by atoms with E-state index in [4.69, 9.17) is 23.7 Å². The van der Waals surface area contributed by atoms with E-state index in [9.17, 15) is 14.4 Å². The highest BCUT2D eigenvalue weighted by Gasteiger charge is 2.22. The summed E-state index contributed by atoms with van der Waals surface area (Å²) in [7, 11) is 0. The van der Waals surface area contributed by atoms with Crippen LogP contribution in [0, 0.1) is 5.41 Å². The maximum Gasteiger partial charge on any atom is 0.338 e. The standard InChI is InChI=1S/C29H34O8/c1-19(2)26(30)35-16-14-34-25-18-22(21-8-11-23(12-9-21)37-27(31)20(3)4)10-13-24(25)33-15-17-36-28(32)29(5,6)7/h8-13,18H,1,3,14-17H2,2,4-7H3. The fraction of sp³-hybridized carbons (Fsp3) is 0.345. The van der Waals surface area contributed by atoms with E-state index < -0.39 is 17.4 Å². The molecule has 0 atom stereocenters. The molecular weight excluding hydrogens is 476 g/mol. The van der Waals surface area contributed by atoms with Crippen molar-refractivity contribution in [2.75, 3.05) is 26.4 Å². The number of ether oxygens (including phenoxy) is 5. The van der Waals surface area contributed by atoms with Crippen LogP contribution >= 0.6 is 0 Å². The van der Waals surface area contributed by atoms with Crippen molar-refractivity contribution in [1.29, 1.82) is 0 Å². The Kier molecular flexibility index (Phi) is 10.5. The molecule has 0 bridgehead atoms. The maximum atomic E-state index is 12.0. The van der Waals surface area contributed by atoms with E-state index in [0.717, 1.165) is 11.1 Å². The molecule has 0 aliphatic carbocycles. The summed E-state index contributed by atoms with van der Waals surface area (Å²) in [5, 5.41) is 0. The number of esters is 3. The summed E-state index contributed by atoms with van der Waals surface area (Å²) in [5.74, 6) is -0.0538. The third-order valence-electron chi connectivity index (χ3n) is 4.80. The topological polar surface area (TPSA) is 97.4 Å². The van der Waals surface area contributed by atoms with Gasteiger partial charge in [0.15, 0.2) is 11.5 Å². The molecule has 2 aromatic rings. The quantitative estimate of drug-likeness (QED) is 0.164. The van der Waals surface area contributed by atoms with Gasteiger partial charge in [-0.05, 0) is 70.0 Å². The molecule has 2 rings (SSSR count). The molecule has 8 nitrogen and oxygen atoms in total. The van der Waals surface area contributed by atoms with Crippen LogP contribution in [0.2, 0.25) is 0 Å². The largest absolute Gasteiger partial charge is 0.486 e. The Morgan fingerprint density at radius 2 is 1.24 bits per heavy atom. The van der Waals surface area contributed by atoms with E-state index in [2.05, 4.69) is 13.2 Å². The summed E-state index contributed by atoms with van der Waals surface area (Å²) in [4.78, 5) is 35.3. The third kappa shape index (κ3) is 9.48. The van der Waals surface area contributed by atoms with Crippen molar-refractivity contribution in [3.63, 3.8) is 0 Å². The normalized spacial score (nSPS) is 10.7. The van der Waals surface area contributed by atoms with Crippen LogP contribution < -0.4 is 14.2 Å². The summed E-state index contributed by atoms with van der Waals surface area (Å²) in [6, 6.07) is 12.3. The van der Waals surface area contributed by atoms with Gasteiger partial charge in [0, 0.05) is 11.1 Å². The minimum Gasteiger partial charge on any atom is -0.486 e. The lowest BCUT2D eigenvalue weighted by Gasteiger charge is -2.17. The van der Waals surface area contributed by atoms with E-state index in [1.54, 1.807) is 71.0 Å². The molecule has 37 heavy (non-hydrogen) atoms. The van der Waals surface area contributed by atoms with Crippen LogP contribution in [0.5, 0.6) is 17.2 Å². The maximum absolute atomic E-state index is 12.0. The average molecular weight is 511 g/mol. The fourth-order valence-corrected chi connectivity index (χ4v) is 2.74. The van der Waals surface area contributed by atoms with Gasteiger partial charge in [-0.25, -0.2) is 9.59 Å². The lowest BCUT2D eigenvalue weighted by atomic mass is 9.97. The molecule has 0 amide bonds. The van der Waals surface area contributed by atoms with Gasteiger partial charge < -0.3 is 23.7 Å². The van der Waals surface area contributed by atoms with Gasteiger partial charge in [0.1, 0.15) is 32.2 Å². The number of carbonyl (C=O) groups is 3. The van der Waals surface area contributed by atoms with Gasteiger partial charge in [-0.3, -0.25) is 4.79 Å². The molecule has 198 valence electrons. The molecule has 0 aromatic heterocycles. The number of hydrogen-bond donors (Lipinski definition) is 0. The van der Waals surface area contributed by atoms with E-state index in [1.807, 2.05) is 6.07 Å². The predicted octanol–water partition coefficient (Wildman–Crippen LogP) is 5.30. The van der Waals surface area contributed by atoms with Gasteiger partial charge in [-0.2, -0.15) is 0 Å². The molecule has 0 saturated heterocycles. The van der Waals surface area contributed by atoms with Crippen LogP contribution in [0.25, 0.3) is 11.1 Å². The number of rotatable bonds is 12. The summed E-state index contributed by atoms with van der Waals surface area (Å²) in [5.41, 5.74) is 1.67. The second-order valence-corrected chi connectivity index (χ2v) is 9.35. The summed E-state index contributed by atoms with van der Waals surface area (Å²) in [6.07, 6.45) is 0. The van der Waals surface area contributed by atoms with Crippen LogP contribution in [-0.4, -0.2) is 44.3 Å². The highest BCUT2D eigenvalue weighted by Crippen LogP contribution is 2.33. The van der Waals surface area contributed by atoms with Gasteiger partial charge in [0.25, 0.3) is 0 Å². The van der Waals surface area contributed by atoms with Crippen molar-refractivity contribution < 1.29 is 38.1 Å². The first-order valence-electron chi connectivity index (χ1n) is 11.8. The zero-order valence-electron chi connectivity index (χ0n) is 22.1. The Hall–Kier alpha value is -4.07. The zero-order valence-corrected chi connectivity index (χ0v) is 22.1. The van der Waals surface area contributed by atoms with Gasteiger partial charge >= 0.3 is 17.9 Å². The van der Waals surface area contributed by atoms with Gasteiger partial charge in [0.2, 0.25) is 0 Å². The predicted molar refractivity (Wildman–Crippen MR) is 140 cm³/mol. The molecule has 0 radical (unpaired) electrons. The van der Waals surface area contributed by atoms with E-state index >= 15 is 0 Å². The Morgan fingerprint density at radius 3 is 1.81 bits per heavy atom. The number of benzene rings is 2. The van der Waals surface area contributed by atoms with Crippen LogP contribution in [-0.2, 0) is 23.9 Å². The van der Waals surface area contributed by atoms with Crippen LogP contribution in [0.3, 0.4) is 0 Å². The van der Waals surface area contributed by atoms with Crippen molar-refractivity contribution in [3.05, 3.63) is 66.8 Å². The smallest absolute Gasteiger partial charge is 0.338 e. The molecule has 0 spiro atoms. The Morgan fingerprint density at radius 1 is 0.703 bits per heavy atom. The van der Waals surface area contributed by atoms with Crippen molar-refractivity contribution in [2.45, 2.75) is 34.6 Å². The monoisotopic (exact) mass is 510 g/mol. The van der Waals surface area contributed by atoms with Gasteiger partial charge in [-0.15, -0.1) is 0 Å². The first-order chi connectivity index (χ1) is 17.4. The average Bonchev–Trinajstić information content (AvgIpc) is 2.84. The molecule has 8 heteroatoms. The van der Waals surface area contributed by atoms with E-state index in [-0.39, 0.29) is 32.4 Å². The molecule has 0 N–H and O–H groups in total.